The molecule has 0 radical (unpaired) electrons. The van der Waals surface area contributed by atoms with Crippen LogP contribution in [0.15, 0.2) is 158 Å². The summed E-state index contributed by atoms with van der Waals surface area (Å²) in [5.41, 5.74) is 0. The molecule has 0 aliphatic heterocycles. The Morgan fingerprint density at radius 3 is 0.825 bits per heavy atom. The molecular weight excluding hydrogens is 1200 g/mol. The summed E-state index contributed by atoms with van der Waals surface area (Å²) in [7, 11) is 5.98. The van der Waals surface area contributed by atoms with Gasteiger partial charge in [0.2, 0.25) is 0 Å². The number of carbonyl (C=O) groups excluding carboxylic acids is 2. The van der Waals surface area contributed by atoms with Gasteiger partial charge in [-0.1, -0.05) is 345 Å². The van der Waals surface area contributed by atoms with Gasteiger partial charge in [-0.3, -0.25) is 9.59 Å². The molecule has 0 spiro atoms. The van der Waals surface area contributed by atoms with E-state index in [2.05, 4.69) is 172 Å². The number of unbranched alkanes of at least 4 members (excludes halogenated alkanes) is 31. The van der Waals surface area contributed by atoms with Gasteiger partial charge in [0.05, 0.1) is 34.4 Å². The number of hydrogen-bond donors (Lipinski definition) is 1. The number of quaternary nitrogens is 1. The van der Waals surface area contributed by atoms with Gasteiger partial charge in [0.1, 0.15) is 13.2 Å². The van der Waals surface area contributed by atoms with Crippen molar-refractivity contribution in [3.8, 4) is 0 Å². The molecule has 9 heteroatoms. The highest BCUT2D eigenvalue weighted by Gasteiger charge is 2.25. The van der Waals surface area contributed by atoms with Crippen LogP contribution in [-0.2, 0) is 33.3 Å². The monoisotopic (exact) mass is 1350 g/mol. The van der Waals surface area contributed by atoms with Gasteiger partial charge in [0.15, 0.2) is 6.10 Å². The number of ether oxygens (including phenoxy) is 4. The fraction of sp³-hybridized carbons (Fsp3) is 0.670. The van der Waals surface area contributed by atoms with Gasteiger partial charge in [-0.15, -0.1) is 0 Å². The van der Waals surface area contributed by atoms with Crippen LogP contribution >= 0.6 is 0 Å². The second-order valence-electron chi connectivity index (χ2n) is 27.3. The molecule has 0 amide bonds. The lowest BCUT2D eigenvalue weighted by Gasteiger charge is -2.25. The summed E-state index contributed by atoms with van der Waals surface area (Å²) in [6.07, 6.45) is 111. The molecule has 0 aromatic carbocycles. The predicted octanol–water partition coefficient (Wildman–Crippen LogP) is 25.6. The Bertz CT molecular complexity index is 2160. The van der Waals surface area contributed by atoms with E-state index in [1.807, 2.05) is 21.1 Å². The lowest BCUT2D eigenvalue weighted by Crippen LogP contribution is -2.40. The zero-order valence-electron chi connectivity index (χ0n) is 63.2. The highest BCUT2D eigenvalue weighted by Crippen LogP contribution is 2.18. The van der Waals surface area contributed by atoms with E-state index in [0.29, 0.717) is 17.4 Å². The Morgan fingerprint density at radius 1 is 0.309 bits per heavy atom. The van der Waals surface area contributed by atoms with Crippen LogP contribution in [0.4, 0.5) is 0 Å². The van der Waals surface area contributed by atoms with E-state index in [4.69, 9.17) is 18.9 Å². The molecule has 0 aromatic heterocycles. The average Bonchev–Trinajstić information content (AvgIpc) is 3.27. The maximum Gasteiger partial charge on any atom is 0.361 e. The van der Waals surface area contributed by atoms with Gasteiger partial charge in [-0.25, -0.2) is 4.79 Å². The van der Waals surface area contributed by atoms with Crippen LogP contribution in [-0.4, -0.2) is 87.4 Å². The summed E-state index contributed by atoms with van der Waals surface area (Å²) in [6.45, 7) is 4.66. The van der Waals surface area contributed by atoms with Crippen LogP contribution in [0.25, 0.3) is 0 Å². The predicted molar refractivity (Wildman–Crippen MR) is 419 cm³/mol. The third kappa shape index (κ3) is 78.1. The van der Waals surface area contributed by atoms with Crippen molar-refractivity contribution in [2.75, 3.05) is 47.5 Å². The molecule has 2 unspecified atom stereocenters. The standard InChI is InChI=1S/C88H147NO8/c1-6-8-10-12-14-16-18-20-22-24-26-28-30-32-34-36-38-39-40-41-42-43-44-45-46-47-49-51-53-55-57-59-61-63-65-67-69-71-73-75-77-79-86(91)97-84(83-96-88(87(92)93)94-81-80-89(3,4)5)82-95-85(90)78-76-74-72-70-68-66-64-62-60-58-56-54-52-50-48-37-35-33-31-29-27-25-23-21-19-17-15-13-11-9-7-2/h8-11,14-17,20-23,26-29,32-35,38-39,41-42,48,50,84,88H,6-7,12-13,18-19,24-25,30-31,36-37,40,43-47,49,51-83H2,1-5H3/p+1/b10-8-,11-9-,16-14-,17-15-,22-20-,23-21-,28-26-,29-27-,34-32-,35-33-,39-38-,42-41-,50-48-. The first kappa shape index (κ1) is 91.9. The molecule has 1 N–H and O–H groups in total. The van der Waals surface area contributed by atoms with Gasteiger partial charge in [0.25, 0.3) is 6.29 Å². The van der Waals surface area contributed by atoms with E-state index >= 15 is 0 Å². The molecule has 0 rings (SSSR count). The molecule has 2 atom stereocenters. The first-order chi connectivity index (χ1) is 47.6. The molecule has 0 bridgehead atoms. The average molecular weight is 1350 g/mol. The Morgan fingerprint density at radius 2 is 0.557 bits per heavy atom. The highest BCUT2D eigenvalue weighted by molar-refractivity contribution is 5.71. The van der Waals surface area contributed by atoms with Gasteiger partial charge < -0.3 is 28.5 Å². The van der Waals surface area contributed by atoms with Gasteiger partial charge in [-0.2, -0.15) is 0 Å². The van der Waals surface area contributed by atoms with Crippen molar-refractivity contribution in [3.05, 3.63) is 158 Å². The molecule has 0 aromatic rings. The quantitative estimate of drug-likeness (QED) is 0.0211. The van der Waals surface area contributed by atoms with Crippen LogP contribution < -0.4 is 0 Å². The van der Waals surface area contributed by atoms with E-state index in [0.717, 1.165) is 122 Å². The molecule has 0 heterocycles. The molecule has 9 nitrogen and oxygen atoms in total. The maximum absolute atomic E-state index is 13.0. The number of carboxylic acids is 1. The summed E-state index contributed by atoms with van der Waals surface area (Å²) in [5, 5.41) is 9.78. The fourth-order valence-corrected chi connectivity index (χ4v) is 10.8. The van der Waals surface area contributed by atoms with Crippen molar-refractivity contribution in [3.63, 3.8) is 0 Å². The Kier molecular flexibility index (Phi) is 72.6. The summed E-state index contributed by atoms with van der Waals surface area (Å²) in [6, 6.07) is 0. The smallest absolute Gasteiger partial charge is 0.361 e. The SMILES string of the molecule is CC/C=C\C/C=C\C/C=C\C/C=C\C/C=C\C/C=C\C/C=C\CCCCCCCCCCCCCCCCCCCCCC(=O)OC(COC(=O)CCCCCCCCCCCCCC/C=C\C/C=C\C/C=C\C/C=C\C/C=C\C/C=C\CC)COC(OCC[N+](C)(C)C)C(=O)O. The summed E-state index contributed by atoms with van der Waals surface area (Å²) in [4.78, 5) is 37.7. The van der Waals surface area contributed by atoms with Crippen LogP contribution in [0.2, 0.25) is 0 Å². The second-order valence-corrected chi connectivity index (χ2v) is 27.3. The lowest BCUT2D eigenvalue weighted by atomic mass is 10.0. The highest BCUT2D eigenvalue weighted by atomic mass is 16.7. The van der Waals surface area contributed by atoms with Crippen LogP contribution in [0, 0.1) is 0 Å². The third-order valence-electron chi connectivity index (χ3n) is 16.8. The number of aliphatic carboxylic acids is 1. The van der Waals surface area contributed by atoms with Crippen molar-refractivity contribution in [1.82, 2.24) is 0 Å². The number of nitrogens with zero attached hydrogens (tertiary/aromatic N) is 1. The first-order valence-electron chi connectivity index (χ1n) is 39.6. The minimum Gasteiger partial charge on any atom is -0.477 e. The second kappa shape index (κ2) is 76.7. The van der Waals surface area contributed by atoms with Crippen LogP contribution in [0.5, 0.6) is 0 Å². The molecule has 0 fully saturated rings. The molecule has 97 heavy (non-hydrogen) atoms. The molecule has 0 saturated heterocycles. The Balaban J connectivity index is 4.05. The van der Waals surface area contributed by atoms with Crippen molar-refractivity contribution < 1.29 is 42.9 Å². The number of carbonyl (C=O) groups is 3. The summed E-state index contributed by atoms with van der Waals surface area (Å²) >= 11 is 0. The maximum atomic E-state index is 13.0. The van der Waals surface area contributed by atoms with Crippen LogP contribution in [0.1, 0.15) is 322 Å². The van der Waals surface area contributed by atoms with Crippen LogP contribution in [0.3, 0.4) is 0 Å². The minimum atomic E-state index is -1.52. The molecule has 552 valence electrons. The van der Waals surface area contributed by atoms with E-state index in [1.165, 1.54) is 173 Å². The summed E-state index contributed by atoms with van der Waals surface area (Å²) < 4.78 is 23.0. The van der Waals surface area contributed by atoms with E-state index in [-0.39, 0.29) is 32.2 Å². The van der Waals surface area contributed by atoms with Crippen molar-refractivity contribution in [2.24, 2.45) is 0 Å². The number of carboxylic acid groups (broad SMARTS) is 1. The zero-order chi connectivity index (χ0) is 70.4. The number of esters is 2. The van der Waals surface area contributed by atoms with Gasteiger partial charge in [-0.05, 0) is 122 Å². The van der Waals surface area contributed by atoms with E-state index < -0.39 is 24.3 Å². The number of allylic oxidation sites excluding steroid dienone is 26. The fourth-order valence-electron chi connectivity index (χ4n) is 10.8. The van der Waals surface area contributed by atoms with Crippen molar-refractivity contribution in [1.29, 1.82) is 0 Å². The summed E-state index contributed by atoms with van der Waals surface area (Å²) in [5.74, 6) is -2.00. The first-order valence-corrected chi connectivity index (χ1v) is 39.6. The van der Waals surface area contributed by atoms with E-state index in [1.54, 1.807) is 0 Å². The van der Waals surface area contributed by atoms with E-state index in [9.17, 15) is 19.5 Å². The van der Waals surface area contributed by atoms with Gasteiger partial charge >= 0.3 is 17.9 Å². The number of hydrogen-bond acceptors (Lipinski definition) is 7. The lowest BCUT2D eigenvalue weighted by molar-refractivity contribution is -0.870. The number of likely N-dealkylation sites (N-methyl/N-ethyl adjacent to an activating group) is 1. The molecule has 0 aliphatic carbocycles. The van der Waals surface area contributed by atoms with Crippen molar-refractivity contribution in [2.45, 2.75) is 334 Å². The number of rotatable bonds is 72. The van der Waals surface area contributed by atoms with Gasteiger partial charge in [0, 0.05) is 12.8 Å². The minimum absolute atomic E-state index is 0.183. The largest absolute Gasteiger partial charge is 0.477 e. The Hall–Kier alpha value is -5.09. The topological polar surface area (TPSA) is 108 Å². The molecule has 0 saturated carbocycles. The Labute approximate surface area is 597 Å². The normalized spacial score (nSPS) is 13.5. The molecule has 0 aliphatic rings. The van der Waals surface area contributed by atoms with Crippen molar-refractivity contribution >= 4 is 17.9 Å². The molecular formula is C88H148NO8+. The zero-order valence-corrected chi connectivity index (χ0v) is 63.2. The third-order valence-corrected chi connectivity index (χ3v) is 16.8.